The van der Waals surface area contributed by atoms with Crippen LogP contribution in [0.15, 0.2) is 30.3 Å². The van der Waals surface area contributed by atoms with E-state index in [1.54, 1.807) is 0 Å². The number of para-hydroxylation sites is 1. The summed E-state index contributed by atoms with van der Waals surface area (Å²) < 4.78 is 5.97. The molecule has 1 aliphatic heterocycles. The molecule has 1 aliphatic rings. The summed E-state index contributed by atoms with van der Waals surface area (Å²) in [7, 11) is 2.12. The van der Waals surface area contributed by atoms with E-state index < -0.39 is 0 Å². The number of aromatic nitrogens is 1. The first kappa shape index (κ1) is 12.9. The molecular weight excluding hydrogens is 250 g/mol. The third-order valence-corrected chi connectivity index (χ3v) is 3.75. The number of pyridine rings is 1. The Bertz CT molecular complexity index is 654. The number of ether oxygens (including phenoxy) is 1. The average molecular weight is 267 g/mol. The monoisotopic (exact) mass is 267 g/mol. The van der Waals surface area contributed by atoms with Gasteiger partial charge in [0.05, 0.1) is 5.52 Å². The smallest absolute Gasteiger partial charge is 0.232 e. The highest BCUT2D eigenvalue weighted by Crippen LogP contribution is 2.24. The van der Waals surface area contributed by atoms with Gasteiger partial charge in [-0.2, -0.15) is 5.26 Å². The van der Waals surface area contributed by atoms with E-state index >= 15 is 0 Å². The van der Waals surface area contributed by atoms with Crippen molar-refractivity contribution < 1.29 is 4.74 Å². The molecule has 0 atom stereocenters. The van der Waals surface area contributed by atoms with Crippen molar-refractivity contribution in [3.8, 4) is 11.9 Å². The minimum Gasteiger partial charge on any atom is -0.473 e. The number of nitrogens with zero attached hydrogens (tertiary/aromatic N) is 3. The number of rotatable bonds is 2. The molecule has 3 rings (SSSR count). The van der Waals surface area contributed by atoms with Crippen LogP contribution in [0.25, 0.3) is 10.9 Å². The largest absolute Gasteiger partial charge is 0.473 e. The van der Waals surface area contributed by atoms with Crippen molar-refractivity contribution in [2.45, 2.75) is 18.9 Å². The molecule has 0 aliphatic carbocycles. The molecule has 0 spiro atoms. The lowest BCUT2D eigenvalue weighted by atomic mass is 10.1. The highest BCUT2D eigenvalue weighted by Gasteiger charge is 2.20. The van der Waals surface area contributed by atoms with Gasteiger partial charge in [-0.25, -0.2) is 4.98 Å². The predicted octanol–water partition coefficient (Wildman–Crippen LogP) is 2.58. The Labute approximate surface area is 118 Å². The minimum atomic E-state index is 0.159. The molecule has 4 heteroatoms. The van der Waals surface area contributed by atoms with E-state index in [-0.39, 0.29) is 6.10 Å². The third-order valence-electron chi connectivity index (χ3n) is 3.75. The standard InChI is InChI=1S/C16H17N3O/c1-19-8-6-14(7-9-19)20-16-13(11-17)10-12-4-2-3-5-15(12)18-16/h2-5,10,14H,6-9H2,1H3. The second-order valence-corrected chi connectivity index (χ2v) is 5.27. The number of piperidine rings is 1. The Morgan fingerprint density at radius 1 is 1.30 bits per heavy atom. The lowest BCUT2D eigenvalue weighted by Crippen LogP contribution is -2.35. The van der Waals surface area contributed by atoms with Gasteiger partial charge in [0.1, 0.15) is 17.7 Å². The molecule has 0 saturated carbocycles. The second kappa shape index (κ2) is 5.48. The second-order valence-electron chi connectivity index (χ2n) is 5.27. The lowest BCUT2D eigenvalue weighted by Gasteiger charge is -2.29. The van der Waals surface area contributed by atoms with Crippen LogP contribution < -0.4 is 4.74 Å². The van der Waals surface area contributed by atoms with Crippen LogP contribution >= 0.6 is 0 Å². The average Bonchev–Trinajstić information content (AvgIpc) is 2.49. The molecule has 1 saturated heterocycles. The van der Waals surface area contributed by atoms with Crippen molar-refractivity contribution in [3.63, 3.8) is 0 Å². The van der Waals surface area contributed by atoms with Gasteiger partial charge in [0.25, 0.3) is 0 Å². The summed E-state index contributed by atoms with van der Waals surface area (Å²) in [6.45, 7) is 2.06. The van der Waals surface area contributed by atoms with E-state index in [0.717, 1.165) is 36.8 Å². The molecular formula is C16H17N3O. The summed E-state index contributed by atoms with van der Waals surface area (Å²) in [4.78, 5) is 6.79. The highest BCUT2D eigenvalue weighted by atomic mass is 16.5. The molecule has 2 heterocycles. The van der Waals surface area contributed by atoms with Crippen molar-refractivity contribution in [2.75, 3.05) is 20.1 Å². The van der Waals surface area contributed by atoms with Gasteiger partial charge < -0.3 is 9.64 Å². The fraction of sp³-hybridized carbons (Fsp3) is 0.375. The quantitative estimate of drug-likeness (QED) is 0.839. The third kappa shape index (κ3) is 2.59. The van der Waals surface area contributed by atoms with Crippen molar-refractivity contribution >= 4 is 10.9 Å². The Balaban J connectivity index is 1.88. The van der Waals surface area contributed by atoms with E-state index in [2.05, 4.69) is 23.0 Å². The minimum absolute atomic E-state index is 0.159. The number of nitriles is 1. The van der Waals surface area contributed by atoms with Gasteiger partial charge in [-0.05, 0) is 32.0 Å². The van der Waals surface area contributed by atoms with E-state index in [9.17, 15) is 5.26 Å². The molecule has 20 heavy (non-hydrogen) atoms. The van der Waals surface area contributed by atoms with Crippen LogP contribution in [-0.4, -0.2) is 36.1 Å². The summed E-state index contributed by atoms with van der Waals surface area (Å²) in [5, 5.41) is 10.2. The fourth-order valence-corrected chi connectivity index (χ4v) is 2.53. The maximum atomic E-state index is 9.27. The first-order chi connectivity index (χ1) is 9.76. The number of benzene rings is 1. The van der Waals surface area contributed by atoms with Crippen LogP contribution in [0, 0.1) is 11.3 Å². The molecule has 0 bridgehead atoms. The van der Waals surface area contributed by atoms with Gasteiger partial charge in [-0.3, -0.25) is 0 Å². The molecule has 1 aromatic carbocycles. The predicted molar refractivity (Wildman–Crippen MR) is 77.6 cm³/mol. The number of fused-ring (bicyclic) bond motifs is 1. The Hall–Kier alpha value is -2.12. The maximum Gasteiger partial charge on any atom is 0.232 e. The van der Waals surface area contributed by atoms with Gasteiger partial charge in [-0.15, -0.1) is 0 Å². The van der Waals surface area contributed by atoms with Gasteiger partial charge in [-0.1, -0.05) is 18.2 Å². The summed E-state index contributed by atoms with van der Waals surface area (Å²) in [6, 6.07) is 11.8. The Morgan fingerprint density at radius 2 is 2.05 bits per heavy atom. The molecule has 0 amide bonds. The maximum absolute atomic E-state index is 9.27. The van der Waals surface area contributed by atoms with Crippen LogP contribution in [0.1, 0.15) is 18.4 Å². The van der Waals surface area contributed by atoms with Crippen LogP contribution in [0.5, 0.6) is 5.88 Å². The summed E-state index contributed by atoms with van der Waals surface area (Å²) in [5.41, 5.74) is 1.39. The normalized spacial score (nSPS) is 17.0. The molecule has 0 unspecified atom stereocenters. The summed E-state index contributed by atoms with van der Waals surface area (Å²) >= 11 is 0. The molecule has 0 N–H and O–H groups in total. The molecule has 1 fully saturated rings. The van der Waals surface area contributed by atoms with Gasteiger partial charge >= 0.3 is 0 Å². The lowest BCUT2D eigenvalue weighted by molar-refractivity contribution is 0.110. The first-order valence-electron chi connectivity index (χ1n) is 6.91. The number of hydrogen-bond acceptors (Lipinski definition) is 4. The van der Waals surface area contributed by atoms with E-state index in [1.807, 2.05) is 30.3 Å². The molecule has 102 valence electrons. The molecule has 0 radical (unpaired) electrons. The van der Waals surface area contributed by atoms with Crippen LogP contribution in [-0.2, 0) is 0 Å². The van der Waals surface area contributed by atoms with E-state index in [1.165, 1.54) is 0 Å². The SMILES string of the molecule is CN1CCC(Oc2nc3ccccc3cc2C#N)CC1. The first-order valence-corrected chi connectivity index (χ1v) is 6.91. The van der Waals surface area contributed by atoms with Crippen LogP contribution in [0.2, 0.25) is 0 Å². The van der Waals surface area contributed by atoms with Crippen molar-refractivity contribution in [1.82, 2.24) is 9.88 Å². The zero-order chi connectivity index (χ0) is 13.9. The Morgan fingerprint density at radius 3 is 2.80 bits per heavy atom. The molecule has 2 aromatic rings. The molecule has 1 aromatic heterocycles. The summed E-state index contributed by atoms with van der Waals surface area (Å²) in [6.07, 6.45) is 2.12. The van der Waals surface area contributed by atoms with Crippen molar-refractivity contribution in [2.24, 2.45) is 0 Å². The fourth-order valence-electron chi connectivity index (χ4n) is 2.53. The zero-order valence-corrected chi connectivity index (χ0v) is 11.5. The van der Waals surface area contributed by atoms with Gasteiger partial charge in [0.15, 0.2) is 0 Å². The highest BCUT2D eigenvalue weighted by molar-refractivity contribution is 5.80. The Kier molecular flexibility index (Phi) is 3.53. The molecule has 4 nitrogen and oxygen atoms in total. The van der Waals surface area contributed by atoms with Crippen molar-refractivity contribution in [3.05, 3.63) is 35.9 Å². The van der Waals surface area contributed by atoms with Crippen LogP contribution in [0.3, 0.4) is 0 Å². The zero-order valence-electron chi connectivity index (χ0n) is 11.5. The van der Waals surface area contributed by atoms with E-state index in [0.29, 0.717) is 11.4 Å². The van der Waals surface area contributed by atoms with Crippen LogP contribution in [0.4, 0.5) is 0 Å². The van der Waals surface area contributed by atoms with Gasteiger partial charge in [0.2, 0.25) is 5.88 Å². The van der Waals surface area contributed by atoms with Crippen molar-refractivity contribution in [1.29, 1.82) is 5.26 Å². The number of likely N-dealkylation sites (tertiary alicyclic amines) is 1. The summed E-state index contributed by atoms with van der Waals surface area (Å²) in [5.74, 6) is 0.473. The topological polar surface area (TPSA) is 49.1 Å². The van der Waals surface area contributed by atoms with Gasteiger partial charge in [0, 0.05) is 18.5 Å². The van der Waals surface area contributed by atoms with E-state index in [4.69, 9.17) is 4.74 Å². The number of hydrogen-bond donors (Lipinski definition) is 0.